The SMILES string of the molecule is O=C1NC(=O)/C(=C/c2cc3cncc(C#Cc4ccccc4Cl)c3o2)S1. The van der Waals surface area contributed by atoms with Crippen LogP contribution in [-0.2, 0) is 4.79 Å². The molecule has 3 aromatic rings. The number of hydrogen-bond acceptors (Lipinski definition) is 5. The molecule has 2 amide bonds. The third-order valence-electron chi connectivity index (χ3n) is 3.56. The normalized spacial score (nSPS) is 15.2. The molecule has 126 valence electrons. The number of nitrogens with zero attached hydrogens (tertiary/aromatic N) is 1. The van der Waals surface area contributed by atoms with Crippen LogP contribution in [0.5, 0.6) is 0 Å². The predicted octanol–water partition coefficient (Wildman–Crippen LogP) is 4.20. The average Bonchev–Trinajstić information content (AvgIpc) is 3.17. The van der Waals surface area contributed by atoms with Crippen LogP contribution in [0.15, 0.2) is 52.0 Å². The number of carbonyl (C=O) groups excluding carboxylic acids is 2. The van der Waals surface area contributed by atoms with Gasteiger partial charge in [-0.1, -0.05) is 35.6 Å². The van der Waals surface area contributed by atoms with Crippen molar-refractivity contribution in [2.24, 2.45) is 0 Å². The van der Waals surface area contributed by atoms with Crippen molar-refractivity contribution in [3.8, 4) is 11.8 Å². The zero-order chi connectivity index (χ0) is 18.1. The van der Waals surface area contributed by atoms with Gasteiger partial charge in [-0.25, -0.2) is 0 Å². The number of nitrogens with one attached hydrogen (secondary N) is 1. The van der Waals surface area contributed by atoms with E-state index in [1.807, 2.05) is 18.2 Å². The Morgan fingerprint density at radius 1 is 1.15 bits per heavy atom. The molecule has 0 spiro atoms. The molecule has 1 aliphatic rings. The van der Waals surface area contributed by atoms with E-state index in [1.54, 1.807) is 24.5 Å². The van der Waals surface area contributed by atoms with Gasteiger partial charge in [-0.3, -0.25) is 19.9 Å². The average molecular weight is 381 g/mol. The first kappa shape index (κ1) is 16.5. The van der Waals surface area contributed by atoms with Crippen LogP contribution in [-0.4, -0.2) is 16.1 Å². The first-order chi connectivity index (χ1) is 12.6. The van der Waals surface area contributed by atoms with Gasteiger partial charge in [0.1, 0.15) is 5.76 Å². The summed E-state index contributed by atoms with van der Waals surface area (Å²) in [7, 11) is 0. The highest BCUT2D eigenvalue weighted by molar-refractivity contribution is 8.18. The molecule has 1 N–H and O–H groups in total. The summed E-state index contributed by atoms with van der Waals surface area (Å²) in [5, 5.41) is 3.12. The monoisotopic (exact) mass is 380 g/mol. The smallest absolute Gasteiger partial charge is 0.290 e. The van der Waals surface area contributed by atoms with E-state index in [0.717, 1.165) is 17.1 Å². The Morgan fingerprint density at radius 3 is 2.73 bits per heavy atom. The first-order valence-corrected chi connectivity index (χ1v) is 8.68. The van der Waals surface area contributed by atoms with Crippen molar-refractivity contribution < 1.29 is 14.0 Å². The number of pyridine rings is 1. The lowest BCUT2D eigenvalue weighted by molar-refractivity contribution is -0.115. The number of benzene rings is 1. The van der Waals surface area contributed by atoms with Crippen molar-refractivity contribution in [3.05, 3.63) is 69.5 Å². The van der Waals surface area contributed by atoms with Crippen molar-refractivity contribution >= 4 is 51.6 Å². The van der Waals surface area contributed by atoms with E-state index >= 15 is 0 Å². The number of fused-ring (bicyclic) bond motifs is 1. The van der Waals surface area contributed by atoms with E-state index in [0.29, 0.717) is 27.5 Å². The molecule has 2 aromatic heterocycles. The summed E-state index contributed by atoms with van der Waals surface area (Å²) in [6, 6.07) is 9.04. The number of carbonyl (C=O) groups is 2. The fourth-order valence-electron chi connectivity index (χ4n) is 2.39. The molecule has 4 rings (SSSR count). The lowest BCUT2D eigenvalue weighted by Gasteiger charge is -1.94. The highest BCUT2D eigenvalue weighted by Crippen LogP contribution is 2.29. The molecule has 0 bridgehead atoms. The van der Waals surface area contributed by atoms with Gasteiger partial charge in [-0.15, -0.1) is 0 Å². The van der Waals surface area contributed by atoms with Crippen molar-refractivity contribution in [1.29, 1.82) is 0 Å². The maximum absolute atomic E-state index is 11.7. The predicted molar refractivity (Wildman–Crippen MR) is 101 cm³/mol. The molecule has 5 nitrogen and oxygen atoms in total. The largest absolute Gasteiger partial charge is 0.455 e. The zero-order valence-electron chi connectivity index (χ0n) is 13.1. The Morgan fingerprint density at radius 2 is 1.96 bits per heavy atom. The Bertz CT molecular complexity index is 1150. The molecule has 0 atom stereocenters. The van der Waals surface area contributed by atoms with Crippen LogP contribution in [0, 0.1) is 11.8 Å². The fraction of sp³-hybridized carbons (Fsp3) is 0. The molecule has 1 aromatic carbocycles. The van der Waals surface area contributed by atoms with Gasteiger partial charge in [-0.2, -0.15) is 0 Å². The van der Waals surface area contributed by atoms with E-state index < -0.39 is 11.1 Å². The fourth-order valence-corrected chi connectivity index (χ4v) is 3.24. The highest BCUT2D eigenvalue weighted by Gasteiger charge is 2.25. The van der Waals surface area contributed by atoms with Gasteiger partial charge < -0.3 is 4.42 Å². The Hall–Kier alpha value is -3.01. The number of amides is 2. The van der Waals surface area contributed by atoms with Crippen molar-refractivity contribution in [3.63, 3.8) is 0 Å². The van der Waals surface area contributed by atoms with Crippen molar-refractivity contribution in [2.45, 2.75) is 0 Å². The summed E-state index contributed by atoms with van der Waals surface area (Å²) >= 11 is 6.95. The van der Waals surface area contributed by atoms with Gasteiger partial charge in [0.05, 0.1) is 15.5 Å². The number of aromatic nitrogens is 1. The molecule has 1 saturated heterocycles. The van der Waals surface area contributed by atoms with Crippen LogP contribution in [0.4, 0.5) is 4.79 Å². The summed E-state index contributed by atoms with van der Waals surface area (Å²) in [5.74, 6) is 6.04. The number of rotatable bonds is 1. The van der Waals surface area contributed by atoms with E-state index in [1.165, 1.54) is 6.08 Å². The molecule has 7 heteroatoms. The summed E-state index contributed by atoms with van der Waals surface area (Å²) in [6.45, 7) is 0. The maximum atomic E-state index is 11.7. The van der Waals surface area contributed by atoms with Crippen molar-refractivity contribution in [1.82, 2.24) is 10.3 Å². The molecule has 1 aliphatic heterocycles. The topological polar surface area (TPSA) is 72.2 Å². The Labute approximate surface area is 157 Å². The van der Waals surface area contributed by atoms with Gasteiger partial charge in [0, 0.05) is 29.4 Å². The molecule has 0 radical (unpaired) electrons. The molecular formula is C19H9ClN2O3S. The van der Waals surface area contributed by atoms with Gasteiger partial charge >= 0.3 is 0 Å². The number of thioether (sulfide) groups is 1. The van der Waals surface area contributed by atoms with E-state index in [2.05, 4.69) is 22.1 Å². The van der Waals surface area contributed by atoms with Crippen LogP contribution in [0.25, 0.3) is 17.0 Å². The van der Waals surface area contributed by atoms with Crippen LogP contribution in [0.3, 0.4) is 0 Å². The molecule has 3 heterocycles. The lowest BCUT2D eigenvalue weighted by Crippen LogP contribution is -2.17. The van der Waals surface area contributed by atoms with Crippen LogP contribution < -0.4 is 5.32 Å². The number of hydrogen-bond donors (Lipinski definition) is 1. The van der Waals surface area contributed by atoms with Crippen molar-refractivity contribution in [2.75, 3.05) is 0 Å². The van der Waals surface area contributed by atoms with Gasteiger partial charge in [-0.05, 0) is 30.0 Å². The minimum absolute atomic E-state index is 0.283. The van der Waals surface area contributed by atoms with Crippen LogP contribution in [0.2, 0.25) is 5.02 Å². The second-order valence-electron chi connectivity index (χ2n) is 5.34. The molecule has 0 aliphatic carbocycles. The molecule has 0 saturated carbocycles. The first-order valence-electron chi connectivity index (χ1n) is 7.49. The number of furan rings is 1. The second-order valence-corrected chi connectivity index (χ2v) is 6.76. The third-order valence-corrected chi connectivity index (χ3v) is 4.70. The number of halogens is 1. The maximum Gasteiger partial charge on any atom is 0.290 e. The van der Waals surface area contributed by atoms with Gasteiger partial charge in [0.25, 0.3) is 11.1 Å². The van der Waals surface area contributed by atoms with E-state index in [-0.39, 0.29) is 4.91 Å². The number of imide groups is 1. The van der Waals surface area contributed by atoms with Gasteiger partial charge in [0.15, 0.2) is 5.58 Å². The molecule has 0 unspecified atom stereocenters. The summed E-state index contributed by atoms with van der Waals surface area (Å²) in [4.78, 5) is 27.3. The standard InChI is InChI=1S/C19H9ClN2O3S/c20-15-4-2-1-3-11(15)5-6-12-9-21-10-13-7-14(25-17(12)13)8-16-18(23)22-19(24)26-16/h1-4,7-10H,(H,22,23,24)/b16-8-. The molecule has 1 fully saturated rings. The summed E-state index contributed by atoms with van der Waals surface area (Å²) in [6.07, 6.45) is 4.78. The van der Waals surface area contributed by atoms with Gasteiger partial charge in [0.2, 0.25) is 0 Å². The Kier molecular flexibility index (Phi) is 4.25. The van der Waals surface area contributed by atoms with Crippen LogP contribution >= 0.6 is 23.4 Å². The molecule has 26 heavy (non-hydrogen) atoms. The summed E-state index contributed by atoms with van der Waals surface area (Å²) in [5.41, 5.74) is 1.87. The molecular weight excluding hydrogens is 372 g/mol. The summed E-state index contributed by atoms with van der Waals surface area (Å²) < 4.78 is 5.81. The second kappa shape index (κ2) is 6.71. The minimum Gasteiger partial charge on any atom is -0.455 e. The van der Waals surface area contributed by atoms with E-state index in [9.17, 15) is 9.59 Å². The Balaban J connectivity index is 1.73. The quantitative estimate of drug-likeness (QED) is 0.506. The minimum atomic E-state index is -0.433. The van der Waals surface area contributed by atoms with E-state index in [4.69, 9.17) is 16.0 Å². The highest BCUT2D eigenvalue weighted by atomic mass is 35.5. The zero-order valence-corrected chi connectivity index (χ0v) is 14.6. The third kappa shape index (κ3) is 3.23. The van der Waals surface area contributed by atoms with Crippen LogP contribution in [0.1, 0.15) is 16.9 Å². The lowest BCUT2D eigenvalue weighted by atomic mass is 10.2.